The van der Waals surface area contributed by atoms with Gasteiger partial charge in [0.05, 0.1) is 28.4 Å². The van der Waals surface area contributed by atoms with E-state index in [0.717, 1.165) is 17.7 Å². The van der Waals surface area contributed by atoms with Crippen LogP contribution in [-0.4, -0.2) is 23.2 Å². The second-order valence-electron chi connectivity index (χ2n) is 4.57. The molecule has 0 radical (unpaired) electrons. The van der Waals surface area contributed by atoms with E-state index in [1.54, 1.807) is 6.07 Å². The molecule has 0 N–H and O–H groups in total. The van der Waals surface area contributed by atoms with Crippen molar-refractivity contribution in [2.24, 2.45) is 0 Å². The topological polar surface area (TPSA) is 44.2 Å². The second kappa shape index (κ2) is 5.99. The van der Waals surface area contributed by atoms with Gasteiger partial charge in [-0.3, -0.25) is 0 Å². The van der Waals surface area contributed by atoms with Crippen LogP contribution in [0, 0.1) is 6.92 Å². The van der Waals surface area contributed by atoms with Crippen LogP contribution in [0.4, 0.5) is 0 Å². The Morgan fingerprint density at radius 2 is 1.90 bits per heavy atom. The van der Waals surface area contributed by atoms with Crippen molar-refractivity contribution in [2.45, 2.75) is 13.3 Å². The van der Waals surface area contributed by atoms with Crippen molar-refractivity contribution in [1.82, 2.24) is 9.97 Å². The zero-order chi connectivity index (χ0) is 15.0. The van der Waals surface area contributed by atoms with Gasteiger partial charge in [-0.05, 0) is 35.0 Å². The monoisotopic (exact) mass is 388 g/mol. The van der Waals surface area contributed by atoms with Crippen LogP contribution in [0.5, 0.6) is 11.5 Å². The third-order valence-corrected chi connectivity index (χ3v) is 4.77. The SMILES string of the molecule is Cc1nc(-c2cc(Cl)c3c(c2)OCCCO3)nc(Cl)c1Br. The molecule has 0 unspecified atom stereocenters. The highest BCUT2D eigenvalue weighted by atomic mass is 79.9. The van der Waals surface area contributed by atoms with E-state index in [2.05, 4.69) is 25.9 Å². The summed E-state index contributed by atoms with van der Waals surface area (Å²) in [6.45, 7) is 3.03. The molecule has 1 aliphatic rings. The Morgan fingerprint density at radius 3 is 2.67 bits per heavy atom. The highest BCUT2D eigenvalue weighted by Crippen LogP contribution is 2.40. The molecule has 0 saturated carbocycles. The van der Waals surface area contributed by atoms with Crippen molar-refractivity contribution in [2.75, 3.05) is 13.2 Å². The molecular formula is C14H11BrCl2N2O2. The Morgan fingerprint density at radius 1 is 1.14 bits per heavy atom. The summed E-state index contributed by atoms with van der Waals surface area (Å²) in [4.78, 5) is 8.69. The van der Waals surface area contributed by atoms with Crippen molar-refractivity contribution < 1.29 is 9.47 Å². The molecular weight excluding hydrogens is 379 g/mol. The van der Waals surface area contributed by atoms with E-state index >= 15 is 0 Å². The summed E-state index contributed by atoms with van der Waals surface area (Å²) in [5, 5.41) is 0.838. The molecule has 0 bridgehead atoms. The summed E-state index contributed by atoms with van der Waals surface area (Å²) in [7, 11) is 0. The lowest BCUT2D eigenvalue weighted by molar-refractivity contribution is 0.297. The van der Waals surface area contributed by atoms with Gasteiger partial charge in [-0.1, -0.05) is 23.2 Å². The first-order valence-electron chi connectivity index (χ1n) is 6.35. The largest absolute Gasteiger partial charge is 0.489 e. The van der Waals surface area contributed by atoms with Gasteiger partial charge in [0, 0.05) is 12.0 Å². The molecule has 3 rings (SSSR count). The predicted octanol–water partition coefficient (Wildman–Crippen LogP) is 4.68. The van der Waals surface area contributed by atoms with Crippen LogP contribution >= 0.6 is 39.1 Å². The fourth-order valence-corrected chi connectivity index (χ4v) is 2.67. The fourth-order valence-electron chi connectivity index (χ4n) is 2.01. The number of hydrogen-bond acceptors (Lipinski definition) is 4. The van der Waals surface area contributed by atoms with E-state index in [0.29, 0.717) is 45.2 Å². The number of ether oxygens (including phenoxy) is 2. The van der Waals surface area contributed by atoms with Crippen LogP contribution in [0.25, 0.3) is 11.4 Å². The van der Waals surface area contributed by atoms with Crippen LogP contribution < -0.4 is 9.47 Å². The molecule has 1 aromatic heterocycles. The number of nitrogens with zero attached hydrogens (tertiary/aromatic N) is 2. The van der Waals surface area contributed by atoms with Gasteiger partial charge >= 0.3 is 0 Å². The molecule has 110 valence electrons. The number of aromatic nitrogens is 2. The molecule has 1 aliphatic heterocycles. The first-order chi connectivity index (χ1) is 10.1. The number of hydrogen-bond donors (Lipinski definition) is 0. The third-order valence-electron chi connectivity index (χ3n) is 3.04. The molecule has 7 heteroatoms. The second-order valence-corrected chi connectivity index (χ2v) is 6.13. The van der Waals surface area contributed by atoms with Crippen molar-refractivity contribution in [1.29, 1.82) is 0 Å². The Bertz CT molecular complexity index is 687. The van der Waals surface area contributed by atoms with Gasteiger partial charge in [-0.2, -0.15) is 0 Å². The van der Waals surface area contributed by atoms with Gasteiger partial charge in [0.2, 0.25) is 0 Å². The average molecular weight is 390 g/mol. The number of rotatable bonds is 1. The first kappa shape index (κ1) is 14.9. The molecule has 4 nitrogen and oxygen atoms in total. The molecule has 0 atom stereocenters. The Balaban J connectivity index is 2.11. The minimum Gasteiger partial charge on any atom is -0.489 e. The Hall–Kier alpha value is -1.04. The molecule has 0 fully saturated rings. The van der Waals surface area contributed by atoms with Crippen LogP contribution in [0.15, 0.2) is 16.6 Å². The third kappa shape index (κ3) is 2.96. The van der Waals surface area contributed by atoms with Crippen LogP contribution in [0.3, 0.4) is 0 Å². The molecule has 0 spiro atoms. The van der Waals surface area contributed by atoms with Gasteiger partial charge in [-0.15, -0.1) is 0 Å². The summed E-state index contributed by atoms with van der Waals surface area (Å²) in [5.41, 5.74) is 1.50. The number of aryl methyl sites for hydroxylation is 1. The highest BCUT2D eigenvalue weighted by Gasteiger charge is 2.18. The predicted molar refractivity (Wildman–Crippen MR) is 85.5 cm³/mol. The molecule has 0 amide bonds. The number of halogens is 3. The van der Waals surface area contributed by atoms with Crippen molar-refractivity contribution in [3.8, 4) is 22.9 Å². The van der Waals surface area contributed by atoms with Gasteiger partial charge < -0.3 is 9.47 Å². The van der Waals surface area contributed by atoms with E-state index in [1.165, 1.54) is 0 Å². The van der Waals surface area contributed by atoms with Crippen molar-refractivity contribution in [3.63, 3.8) is 0 Å². The first-order valence-corrected chi connectivity index (χ1v) is 7.90. The number of fused-ring (bicyclic) bond motifs is 1. The molecule has 1 aromatic carbocycles. The van der Waals surface area contributed by atoms with E-state index in [4.69, 9.17) is 32.7 Å². The van der Waals surface area contributed by atoms with E-state index in [1.807, 2.05) is 13.0 Å². The molecule has 0 saturated heterocycles. The maximum absolute atomic E-state index is 6.28. The quantitative estimate of drug-likeness (QED) is 0.664. The normalized spacial score (nSPS) is 13.9. The van der Waals surface area contributed by atoms with Gasteiger partial charge in [-0.25, -0.2) is 9.97 Å². The molecule has 0 aliphatic carbocycles. The highest BCUT2D eigenvalue weighted by molar-refractivity contribution is 9.10. The summed E-state index contributed by atoms with van der Waals surface area (Å²) in [6.07, 6.45) is 0.820. The van der Waals surface area contributed by atoms with Gasteiger partial charge in [0.25, 0.3) is 0 Å². The van der Waals surface area contributed by atoms with E-state index < -0.39 is 0 Å². The summed E-state index contributed by atoms with van der Waals surface area (Å²) in [5.74, 6) is 1.67. The summed E-state index contributed by atoms with van der Waals surface area (Å²) in [6, 6.07) is 3.58. The van der Waals surface area contributed by atoms with Crippen molar-refractivity contribution in [3.05, 3.63) is 32.5 Å². The Labute approximate surface area is 140 Å². The molecule has 21 heavy (non-hydrogen) atoms. The smallest absolute Gasteiger partial charge is 0.179 e. The average Bonchev–Trinajstić information content (AvgIpc) is 2.69. The van der Waals surface area contributed by atoms with Crippen LogP contribution in [0.2, 0.25) is 10.2 Å². The minimum atomic E-state index is 0.362. The lowest BCUT2D eigenvalue weighted by Crippen LogP contribution is -1.97. The van der Waals surface area contributed by atoms with Crippen molar-refractivity contribution >= 4 is 39.1 Å². The lowest BCUT2D eigenvalue weighted by atomic mass is 10.2. The van der Waals surface area contributed by atoms with E-state index in [-0.39, 0.29) is 0 Å². The molecule has 2 aromatic rings. The fraction of sp³-hybridized carbons (Fsp3) is 0.286. The zero-order valence-corrected chi connectivity index (χ0v) is 14.2. The van der Waals surface area contributed by atoms with Gasteiger partial charge in [0.1, 0.15) is 5.15 Å². The zero-order valence-electron chi connectivity index (χ0n) is 11.1. The van der Waals surface area contributed by atoms with Crippen LogP contribution in [0.1, 0.15) is 12.1 Å². The Kier molecular flexibility index (Phi) is 4.24. The summed E-state index contributed by atoms with van der Waals surface area (Å²) < 4.78 is 12.0. The van der Waals surface area contributed by atoms with Gasteiger partial charge in [0.15, 0.2) is 17.3 Å². The lowest BCUT2D eigenvalue weighted by Gasteiger charge is -2.11. The maximum atomic E-state index is 6.28. The summed E-state index contributed by atoms with van der Waals surface area (Å²) >= 11 is 15.7. The standard InChI is InChI=1S/C14H11BrCl2N2O2/c1-7-11(15)13(17)19-14(18-7)8-5-9(16)12-10(6-8)20-3-2-4-21-12/h5-6H,2-4H2,1H3. The van der Waals surface area contributed by atoms with E-state index in [9.17, 15) is 0 Å². The molecule has 2 heterocycles. The number of benzene rings is 1. The maximum Gasteiger partial charge on any atom is 0.179 e. The van der Waals surface area contributed by atoms with Crippen LogP contribution in [-0.2, 0) is 0 Å². The minimum absolute atomic E-state index is 0.362.